The predicted molar refractivity (Wildman–Crippen MR) is 60.7 cm³/mol. The van der Waals surface area contributed by atoms with Gasteiger partial charge < -0.3 is 4.74 Å². The molecule has 0 saturated carbocycles. The number of halogens is 4. The molecule has 0 bridgehead atoms. The summed E-state index contributed by atoms with van der Waals surface area (Å²) in [6.07, 6.45) is -4.33. The summed E-state index contributed by atoms with van der Waals surface area (Å²) in [4.78, 5) is 9.25. The molecule has 0 saturated heterocycles. The van der Waals surface area contributed by atoms with E-state index in [1.807, 2.05) is 0 Å². The van der Waals surface area contributed by atoms with Crippen molar-refractivity contribution in [2.45, 2.75) is 17.9 Å². The molecule has 0 amide bonds. The lowest BCUT2D eigenvalue weighted by Gasteiger charge is -2.14. The maximum atomic E-state index is 12.2. The second kappa shape index (κ2) is 5.53. The molecule has 0 N–H and O–H groups in total. The molecule has 1 aromatic carbocycles. The van der Waals surface area contributed by atoms with Gasteiger partial charge in [-0.2, -0.15) is 13.2 Å². The van der Waals surface area contributed by atoms with Crippen molar-refractivity contribution in [1.29, 1.82) is 0 Å². The molecule has 17 heavy (non-hydrogen) atoms. The minimum Gasteiger partial charge on any atom is -0.492 e. The highest BCUT2D eigenvalue weighted by molar-refractivity contribution is 9.09. The lowest BCUT2D eigenvalue weighted by Crippen LogP contribution is -2.28. The third-order valence-electron chi connectivity index (χ3n) is 2.01. The fourth-order valence-electron chi connectivity index (χ4n) is 1.05. The minimum atomic E-state index is -4.33. The van der Waals surface area contributed by atoms with Crippen LogP contribution in [0, 0.1) is 0 Å². The molecule has 1 aromatic rings. The molecule has 94 valence electrons. The molecule has 0 aliphatic heterocycles. The summed E-state index contributed by atoms with van der Waals surface area (Å²) in [7, 11) is 0. The van der Waals surface area contributed by atoms with Crippen molar-refractivity contribution in [1.82, 2.24) is 0 Å². The van der Waals surface area contributed by atoms with Crippen LogP contribution in [0.4, 0.5) is 13.2 Å². The smallest absolute Gasteiger partial charge is 0.404 e. The molecule has 0 radical (unpaired) electrons. The molecule has 0 fully saturated rings. The van der Waals surface area contributed by atoms with Crippen LogP contribution in [0.1, 0.15) is 17.3 Å². The Morgan fingerprint density at radius 2 is 1.88 bits per heavy atom. The van der Waals surface area contributed by atoms with E-state index >= 15 is 0 Å². The van der Waals surface area contributed by atoms with Crippen LogP contribution in [-0.4, -0.2) is 23.4 Å². The molecule has 0 spiro atoms. The molecule has 0 aliphatic rings. The van der Waals surface area contributed by atoms with Gasteiger partial charge in [0, 0.05) is 5.56 Å². The molecular weight excluding hydrogens is 301 g/mol. The number of rotatable bonds is 4. The molecule has 1 unspecified atom stereocenters. The van der Waals surface area contributed by atoms with E-state index in [1.54, 1.807) is 0 Å². The standard InChI is InChI=1S/C11H10BrF3O2/c1-7(16)8-2-4-9(5-3-8)17-6-10(12)11(13,14)15/h2-5,10H,6H2,1H3. The zero-order valence-corrected chi connectivity index (χ0v) is 10.5. The van der Waals surface area contributed by atoms with Gasteiger partial charge in [-0.3, -0.25) is 4.79 Å². The lowest BCUT2D eigenvalue weighted by atomic mass is 10.1. The average molecular weight is 311 g/mol. The fraction of sp³-hybridized carbons (Fsp3) is 0.364. The van der Waals surface area contributed by atoms with E-state index in [1.165, 1.54) is 31.2 Å². The maximum absolute atomic E-state index is 12.2. The predicted octanol–water partition coefficient (Wildman–Crippen LogP) is 3.59. The van der Waals surface area contributed by atoms with Crippen molar-refractivity contribution < 1.29 is 22.7 Å². The number of carbonyl (C=O) groups is 1. The molecule has 2 nitrogen and oxygen atoms in total. The van der Waals surface area contributed by atoms with Gasteiger partial charge in [-0.25, -0.2) is 0 Å². The van der Waals surface area contributed by atoms with Crippen LogP contribution in [0.5, 0.6) is 5.75 Å². The highest BCUT2D eigenvalue weighted by atomic mass is 79.9. The minimum absolute atomic E-state index is 0.106. The highest BCUT2D eigenvalue weighted by Gasteiger charge is 2.38. The van der Waals surface area contributed by atoms with Gasteiger partial charge in [0.25, 0.3) is 0 Å². The Morgan fingerprint density at radius 3 is 2.29 bits per heavy atom. The third-order valence-corrected chi connectivity index (χ3v) is 2.80. The summed E-state index contributed by atoms with van der Waals surface area (Å²) >= 11 is 2.49. The van der Waals surface area contributed by atoms with E-state index in [-0.39, 0.29) is 5.78 Å². The first-order valence-corrected chi connectivity index (χ1v) is 5.67. The number of ether oxygens (including phenoxy) is 1. The van der Waals surface area contributed by atoms with Crippen LogP contribution in [-0.2, 0) is 0 Å². The van der Waals surface area contributed by atoms with Gasteiger partial charge in [-0.1, -0.05) is 15.9 Å². The average Bonchev–Trinajstić information content (AvgIpc) is 2.25. The summed E-state index contributed by atoms with van der Waals surface area (Å²) in [6, 6.07) is 5.95. The highest BCUT2D eigenvalue weighted by Crippen LogP contribution is 2.27. The van der Waals surface area contributed by atoms with Crippen LogP contribution in [0.25, 0.3) is 0 Å². The van der Waals surface area contributed by atoms with Gasteiger partial charge in [0.2, 0.25) is 0 Å². The number of hydrogen-bond acceptors (Lipinski definition) is 2. The van der Waals surface area contributed by atoms with Crippen LogP contribution in [0.2, 0.25) is 0 Å². The molecule has 0 heterocycles. The third kappa shape index (κ3) is 4.38. The van der Waals surface area contributed by atoms with Gasteiger partial charge in [0.05, 0.1) is 0 Å². The zero-order chi connectivity index (χ0) is 13.1. The summed E-state index contributed by atoms with van der Waals surface area (Å²) < 4.78 is 41.4. The zero-order valence-electron chi connectivity index (χ0n) is 8.92. The van der Waals surface area contributed by atoms with Crippen LogP contribution < -0.4 is 4.74 Å². The maximum Gasteiger partial charge on any atom is 0.404 e. The summed E-state index contributed by atoms with van der Waals surface area (Å²) in [5.41, 5.74) is 0.489. The van der Waals surface area contributed by atoms with Gasteiger partial charge in [0.15, 0.2) is 5.78 Å². The van der Waals surface area contributed by atoms with Crippen molar-refractivity contribution in [2.75, 3.05) is 6.61 Å². The second-order valence-corrected chi connectivity index (χ2v) is 4.51. The van der Waals surface area contributed by atoms with E-state index in [2.05, 4.69) is 15.9 Å². The molecule has 1 atom stereocenters. The largest absolute Gasteiger partial charge is 0.492 e. The molecular formula is C11H10BrF3O2. The topological polar surface area (TPSA) is 26.3 Å². The number of hydrogen-bond donors (Lipinski definition) is 0. The fourth-order valence-corrected chi connectivity index (χ4v) is 1.18. The number of Topliss-reactive ketones (excluding diaryl/α,β-unsaturated/α-hetero) is 1. The summed E-state index contributed by atoms with van der Waals surface area (Å²) in [5, 5.41) is 0. The summed E-state index contributed by atoms with van der Waals surface area (Å²) in [6.45, 7) is 0.900. The quantitative estimate of drug-likeness (QED) is 0.627. The first kappa shape index (κ1) is 14.0. The van der Waals surface area contributed by atoms with Gasteiger partial charge in [0.1, 0.15) is 17.2 Å². The second-order valence-electron chi connectivity index (χ2n) is 3.40. The number of alkyl halides is 4. The first-order valence-electron chi connectivity index (χ1n) is 4.75. The monoisotopic (exact) mass is 310 g/mol. The Balaban J connectivity index is 2.56. The molecule has 6 heteroatoms. The molecule has 0 aromatic heterocycles. The molecule has 1 rings (SSSR count). The van der Waals surface area contributed by atoms with Crippen molar-refractivity contribution in [2.24, 2.45) is 0 Å². The SMILES string of the molecule is CC(=O)c1ccc(OCC(Br)C(F)(F)F)cc1. The number of benzene rings is 1. The van der Waals surface area contributed by atoms with Crippen molar-refractivity contribution in [3.8, 4) is 5.75 Å². The van der Waals surface area contributed by atoms with Crippen molar-refractivity contribution in [3.63, 3.8) is 0 Å². The van der Waals surface area contributed by atoms with E-state index < -0.39 is 17.6 Å². The van der Waals surface area contributed by atoms with E-state index in [4.69, 9.17) is 4.74 Å². The van der Waals surface area contributed by atoms with Gasteiger partial charge >= 0.3 is 6.18 Å². The number of ketones is 1. The first-order chi connectivity index (χ1) is 7.80. The van der Waals surface area contributed by atoms with Crippen molar-refractivity contribution >= 4 is 21.7 Å². The van der Waals surface area contributed by atoms with Crippen LogP contribution >= 0.6 is 15.9 Å². The van der Waals surface area contributed by atoms with E-state index in [9.17, 15) is 18.0 Å². The lowest BCUT2D eigenvalue weighted by molar-refractivity contribution is -0.132. The Labute approximate surface area is 105 Å². The Hall–Kier alpha value is -1.04. The van der Waals surface area contributed by atoms with Gasteiger partial charge in [-0.15, -0.1) is 0 Å². The number of carbonyl (C=O) groups excluding carboxylic acids is 1. The Bertz CT molecular complexity index is 387. The molecule has 0 aliphatic carbocycles. The Kier molecular flexibility index (Phi) is 4.56. The normalized spacial score (nSPS) is 13.2. The van der Waals surface area contributed by atoms with E-state index in [0.717, 1.165) is 0 Å². The van der Waals surface area contributed by atoms with E-state index in [0.29, 0.717) is 11.3 Å². The summed E-state index contributed by atoms with van der Waals surface area (Å²) in [5.74, 6) is 0.189. The van der Waals surface area contributed by atoms with Gasteiger partial charge in [-0.05, 0) is 31.2 Å². The van der Waals surface area contributed by atoms with Crippen molar-refractivity contribution in [3.05, 3.63) is 29.8 Å². The van der Waals surface area contributed by atoms with Crippen LogP contribution in [0.15, 0.2) is 24.3 Å². The Morgan fingerprint density at radius 1 is 1.35 bits per heavy atom. The van der Waals surface area contributed by atoms with Crippen LogP contribution in [0.3, 0.4) is 0 Å².